The molecule has 3 heterocycles. The molecule has 2 atom stereocenters. The van der Waals surface area contributed by atoms with Crippen LogP contribution >= 0.6 is 23.2 Å². The van der Waals surface area contributed by atoms with Crippen molar-refractivity contribution in [3.8, 4) is 11.5 Å². The molecular formula is C25H22Cl2N4O4. The number of amides is 1. The number of hydrogen-bond donors (Lipinski definition) is 4. The quantitative estimate of drug-likeness (QED) is 0.271. The van der Waals surface area contributed by atoms with Crippen LogP contribution in [0.1, 0.15) is 24.2 Å². The third-order valence-electron chi connectivity index (χ3n) is 5.94. The first-order chi connectivity index (χ1) is 16.8. The number of carbonyl (C=O) groups is 1. The number of aromatic amines is 1. The number of halogens is 2. The van der Waals surface area contributed by atoms with Gasteiger partial charge in [0.25, 0.3) is 5.91 Å². The Morgan fingerprint density at radius 1 is 1.14 bits per heavy atom. The molecule has 1 unspecified atom stereocenters. The molecule has 1 aliphatic heterocycles. The number of para-hydroxylation sites is 1. The van der Waals surface area contributed by atoms with Gasteiger partial charge in [0.2, 0.25) is 0 Å². The number of nitrogens with one attached hydrogen (secondary N) is 3. The van der Waals surface area contributed by atoms with Crippen molar-refractivity contribution < 1.29 is 19.4 Å². The highest BCUT2D eigenvalue weighted by atomic mass is 35.5. The van der Waals surface area contributed by atoms with E-state index in [2.05, 4.69) is 20.6 Å². The zero-order chi connectivity index (χ0) is 24.7. The van der Waals surface area contributed by atoms with E-state index in [9.17, 15) is 9.90 Å². The summed E-state index contributed by atoms with van der Waals surface area (Å²) in [4.78, 5) is 20.1. The van der Waals surface area contributed by atoms with Crippen LogP contribution in [-0.4, -0.2) is 40.2 Å². The van der Waals surface area contributed by atoms with E-state index in [4.69, 9.17) is 32.7 Å². The van der Waals surface area contributed by atoms with Gasteiger partial charge in [-0.25, -0.2) is 4.98 Å². The molecule has 1 aliphatic rings. The fraction of sp³-hybridized carbons (Fsp3) is 0.200. The zero-order valence-electron chi connectivity index (χ0n) is 18.9. The van der Waals surface area contributed by atoms with Gasteiger partial charge in [0.15, 0.2) is 0 Å². The SMILES string of the molecule is COC[C@]1(C)Nc2c(cnc3[nH]cc(C(O)c4ccc(Oc5ccccc5Cl)cc4Cl)c23)NC1=O. The summed E-state index contributed by atoms with van der Waals surface area (Å²) < 4.78 is 11.1. The van der Waals surface area contributed by atoms with Gasteiger partial charge in [0, 0.05) is 24.4 Å². The van der Waals surface area contributed by atoms with Crippen LogP contribution in [0.15, 0.2) is 54.9 Å². The smallest absolute Gasteiger partial charge is 0.252 e. The number of methoxy groups -OCH3 is 1. The molecule has 0 bridgehead atoms. The van der Waals surface area contributed by atoms with Gasteiger partial charge in [-0.3, -0.25) is 4.79 Å². The maximum atomic E-state index is 12.6. The summed E-state index contributed by atoms with van der Waals surface area (Å²) in [5.41, 5.74) is 1.74. The zero-order valence-corrected chi connectivity index (χ0v) is 20.4. The van der Waals surface area contributed by atoms with Crippen molar-refractivity contribution in [2.45, 2.75) is 18.6 Å². The van der Waals surface area contributed by atoms with E-state index in [1.54, 1.807) is 49.6 Å². The van der Waals surface area contributed by atoms with E-state index in [-0.39, 0.29) is 12.5 Å². The minimum atomic E-state index is -1.08. The lowest BCUT2D eigenvalue weighted by Gasteiger charge is -2.35. The van der Waals surface area contributed by atoms with E-state index in [1.165, 1.54) is 7.11 Å². The topological polar surface area (TPSA) is 108 Å². The van der Waals surface area contributed by atoms with Crippen molar-refractivity contribution in [1.82, 2.24) is 9.97 Å². The summed E-state index contributed by atoms with van der Waals surface area (Å²) in [5, 5.41) is 18.9. The molecule has 5 rings (SSSR count). The number of hydrogen-bond acceptors (Lipinski definition) is 6. The molecule has 1 amide bonds. The van der Waals surface area contributed by atoms with Gasteiger partial charge in [-0.1, -0.05) is 41.4 Å². The number of nitrogens with zero attached hydrogens (tertiary/aromatic N) is 1. The Balaban J connectivity index is 1.51. The fourth-order valence-corrected chi connectivity index (χ4v) is 4.61. The average Bonchev–Trinajstić information content (AvgIpc) is 3.26. The van der Waals surface area contributed by atoms with Crippen molar-refractivity contribution in [2.75, 3.05) is 24.4 Å². The first-order valence-electron chi connectivity index (χ1n) is 10.8. The van der Waals surface area contributed by atoms with Crippen LogP contribution in [0.2, 0.25) is 10.0 Å². The summed E-state index contributed by atoms with van der Waals surface area (Å²) in [7, 11) is 1.53. The Kier molecular flexibility index (Phi) is 6.06. The number of carbonyl (C=O) groups excluding carboxylic acids is 1. The second-order valence-corrected chi connectivity index (χ2v) is 9.29. The number of fused-ring (bicyclic) bond motifs is 3. The maximum absolute atomic E-state index is 12.6. The molecule has 35 heavy (non-hydrogen) atoms. The molecule has 4 aromatic rings. The van der Waals surface area contributed by atoms with Crippen molar-refractivity contribution in [3.05, 3.63) is 76.0 Å². The van der Waals surface area contributed by atoms with Gasteiger partial charge in [-0.2, -0.15) is 0 Å². The minimum absolute atomic E-state index is 0.156. The minimum Gasteiger partial charge on any atom is -0.456 e. The van der Waals surface area contributed by atoms with Crippen molar-refractivity contribution in [1.29, 1.82) is 0 Å². The molecule has 0 saturated heterocycles. The normalized spacial score (nSPS) is 18.0. The molecule has 0 aliphatic carbocycles. The lowest BCUT2D eigenvalue weighted by atomic mass is 9.95. The summed E-state index contributed by atoms with van der Waals surface area (Å²) in [5.74, 6) is 0.750. The van der Waals surface area contributed by atoms with Crippen molar-refractivity contribution in [2.24, 2.45) is 0 Å². The Bertz CT molecular complexity index is 1440. The second kappa shape index (κ2) is 9.05. The van der Waals surface area contributed by atoms with Crippen LogP contribution in [0.25, 0.3) is 11.0 Å². The van der Waals surface area contributed by atoms with Crippen LogP contribution < -0.4 is 15.4 Å². The van der Waals surface area contributed by atoms with Gasteiger partial charge >= 0.3 is 0 Å². The molecule has 8 nitrogen and oxygen atoms in total. The van der Waals surface area contributed by atoms with Gasteiger partial charge in [0.05, 0.1) is 39.6 Å². The van der Waals surface area contributed by atoms with Crippen LogP contribution in [-0.2, 0) is 9.53 Å². The molecule has 2 aromatic heterocycles. The van der Waals surface area contributed by atoms with E-state index in [0.29, 0.717) is 55.1 Å². The molecule has 0 saturated carbocycles. The predicted octanol–water partition coefficient (Wildman–Crippen LogP) is 5.51. The van der Waals surface area contributed by atoms with Crippen molar-refractivity contribution >= 4 is 51.5 Å². The van der Waals surface area contributed by atoms with Crippen LogP contribution in [0, 0.1) is 0 Å². The summed E-state index contributed by atoms with van der Waals surface area (Å²) in [6.07, 6.45) is 2.17. The fourth-order valence-electron chi connectivity index (χ4n) is 4.16. The third kappa shape index (κ3) is 4.19. The largest absolute Gasteiger partial charge is 0.456 e. The molecular weight excluding hydrogens is 491 g/mol. The standard InChI is InChI=1S/C25H22Cl2N4O4/c1-25(12-34-2)24(33)30-18-11-29-23-20(21(18)31-25)15(10-28-23)22(32)14-8-7-13(9-17(14)27)35-19-6-4-3-5-16(19)26/h3-11,22,31-32H,12H2,1-2H3,(H,28,29)(H,30,33)/t22?,25-/m0/s1. The highest BCUT2D eigenvalue weighted by Crippen LogP contribution is 2.42. The number of aromatic nitrogens is 2. The van der Waals surface area contributed by atoms with E-state index >= 15 is 0 Å². The maximum Gasteiger partial charge on any atom is 0.252 e. The third-order valence-corrected chi connectivity index (χ3v) is 6.58. The molecule has 0 radical (unpaired) electrons. The molecule has 4 N–H and O–H groups in total. The first kappa shape index (κ1) is 23.4. The van der Waals surface area contributed by atoms with Gasteiger partial charge in [-0.15, -0.1) is 0 Å². The first-order valence-corrected chi connectivity index (χ1v) is 11.5. The van der Waals surface area contributed by atoms with Crippen LogP contribution in [0.5, 0.6) is 11.5 Å². The monoisotopic (exact) mass is 512 g/mol. The molecule has 2 aromatic carbocycles. The number of pyridine rings is 1. The van der Waals surface area contributed by atoms with E-state index < -0.39 is 11.6 Å². The van der Waals surface area contributed by atoms with Gasteiger partial charge < -0.3 is 30.2 Å². The number of rotatable bonds is 6. The number of H-pyrrole nitrogens is 1. The van der Waals surface area contributed by atoms with Crippen LogP contribution in [0.4, 0.5) is 11.4 Å². The predicted molar refractivity (Wildman–Crippen MR) is 136 cm³/mol. The Morgan fingerprint density at radius 2 is 1.94 bits per heavy atom. The lowest BCUT2D eigenvalue weighted by molar-refractivity contribution is -0.121. The second-order valence-electron chi connectivity index (χ2n) is 8.48. The Morgan fingerprint density at radius 3 is 2.69 bits per heavy atom. The average molecular weight is 513 g/mol. The number of aliphatic hydroxyl groups is 1. The van der Waals surface area contributed by atoms with Crippen molar-refractivity contribution in [3.63, 3.8) is 0 Å². The van der Waals surface area contributed by atoms with E-state index in [0.717, 1.165) is 0 Å². The summed E-state index contributed by atoms with van der Waals surface area (Å²) in [6.45, 7) is 1.90. The number of ether oxygens (including phenoxy) is 2. The molecule has 10 heteroatoms. The summed E-state index contributed by atoms with van der Waals surface area (Å²) in [6, 6.07) is 12.2. The Hall–Kier alpha value is -3.30. The van der Waals surface area contributed by atoms with Gasteiger partial charge in [0.1, 0.15) is 28.8 Å². The number of benzene rings is 2. The Labute approximate surface area is 211 Å². The highest BCUT2D eigenvalue weighted by Gasteiger charge is 2.39. The molecule has 0 spiro atoms. The highest BCUT2D eigenvalue weighted by molar-refractivity contribution is 6.32. The molecule has 180 valence electrons. The lowest BCUT2D eigenvalue weighted by Crippen LogP contribution is -2.53. The van der Waals surface area contributed by atoms with Gasteiger partial charge in [-0.05, 0) is 31.2 Å². The van der Waals surface area contributed by atoms with Crippen LogP contribution in [0.3, 0.4) is 0 Å². The number of aliphatic hydroxyl groups excluding tert-OH is 1. The summed E-state index contributed by atoms with van der Waals surface area (Å²) >= 11 is 12.7. The number of anilines is 2. The van der Waals surface area contributed by atoms with E-state index in [1.807, 2.05) is 12.1 Å². The molecule has 0 fully saturated rings.